The number of fused-ring (bicyclic) bond motifs is 1. The number of alkyl halides is 3. The molecule has 0 radical (unpaired) electrons. The van der Waals surface area contributed by atoms with Gasteiger partial charge in [0.05, 0.1) is 11.1 Å². The van der Waals surface area contributed by atoms with Crippen LogP contribution in [-0.4, -0.2) is 15.6 Å². The quantitative estimate of drug-likeness (QED) is 0.439. The number of carbonyl (C=O) groups is 1. The van der Waals surface area contributed by atoms with Gasteiger partial charge in [-0.1, -0.05) is 29.3 Å². The number of hydrogen-bond acceptors (Lipinski definition) is 2. The van der Waals surface area contributed by atoms with Crippen molar-refractivity contribution in [3.8, 4) is 6.07 Å². The van der Waals surface area contributed by atoms with E-state index in [1.807, 2.05) is 0 Å². The van der Waals surface area contributed by atoms with Crippen LogP contribution >= 0.6 is 11.6 Å². The average molecular weight is 419 g/mol. The molecule has 0 saturated heterocycles. The fraction of sp³-hybridized carbons (Fsp3) is 0.143. The number of halogens is 4. The first-order chi connectivity index (χ1) is 13.6. The fourth-order valence-electron chi connectivity index (χ4n) is 3.15. The van der Waals surface area contributed by atoms with Gasteiger partial charge >= 0.3 is 12.1 Å². The number of rotatable bonds is 4. The molecule has 0 bridgehead atoms. The van der Waals surface area contributed by atoms with E-state index in [4.69, 9.17) is 22.0 Å². The van der Waals surface area contributed by atoms with Crippen LogP contribution in [0, 0.1) is 18.3 Å². The molecule has 8 heteroatoms. The number of benzene rings is 2. The molecule has 3 aromatic rings. The Morgan fingerprint density at radius 2 is 2.00 bits per heavy atom. The minimum atomic E-state index is -4.46. The maximum absolute atomic E-state index is 13.1. The highest BCUT2D eigenvalue weighted by atomic mass is 35.5. The highest BCUT2D eigenvalue weighted by Gasteiger charge is 2.30. The first kappa shape index (κ1) is 20.5. The number of aliphatic carboxylic acids is 1. The minimum absolute atomic E-state index is 0.115. The SMILES string of the molecule is Cc1cc(Cn2cc(/C=C(\C#N)C(=O)O)c3ccc(Cl)cc32)cc(C(F)(F)F)c1. The normalized spacial score (nSPS) is 12.2. The minimum Gasteiger partial charge on any atom is -0.477 e. The summed E-state index contributed by atoms with van der Waals surface area (Å²) in [6.07, 6.45) is -1.64. The number of nitriles is 1. The van der Waals surface area contributed by atoms with Gasteiger partial charge in [0.2, 0.25) is 0 Å². The van der Waals surface area contributed by atoms with Crippen LogP contribution in [0.25, 0.3) is 17.0 Å². The molecule has 3 rings (SSSR count). The molecule has 0 aliphatic heterocycles. The average Bonchev–Trinajstić information content (AvgIpc) is 2.94. The van der Waals surface area contributed by atoms with Crippen molar-refractivity contribution < 1.29 is 23.1 Å². The molecule has 2 aromatic carbocycles. The second-order valence-corrected chi connectivity index (χ2v) is 6.99. The van der Waals surface area contributed by atoms with Crippen molar-refractivity contribution in [2.24, 2.45) is 0 Å². The van der Waals surface area contributed by atoms with Gasteiger partial charge in [0.25, 0.3) is 0 Å². The van der Waals surface area contributed by atoms with Crippen molar-refractivity contribution in [2.45, 2.75) is 19.6 Å². The molecule has 0 unspecified atom stereocenters. The van der Waals surface area contributed by atoms with Crippen LogP contribution in [0.15, 0.2) is 48.2 Å². The molecule has 1 aromatic heterocycles. The van der Waals surface area contributed by atoms with E-state index in [1.54, 1.807) is 48.0 Å². The highest BCUT2D eigenvalue weighted by molar-refractivity contribution is 6.31. The van der Waals surface area contributed by atoms with Crippen LogP contribution in [0.5, 0.6) is 0 Å². The van der Waals surface area contributed by atoms with Gasteiger partial charge in [-0.15, -0.1) is 0 Å². The summed E-state index contributed by atoms with van der Waals surface area (Å²) >= 11 is 6.07. The summed E-state index contributed by atoms with van der Waals surface area (Å²) in [5, 5.41) is 19.2. The molecule has 0 fully saturated rings. The molecule has 1 heterocycles. The third kappa shape index (κ3) is 4.44. The largest absolute Gasteiger partial charge is 0.477 e. The molecule has 4 nitrogen and oxygen atoms in total. The van der Waals surface area contributed by atoms with Crippen LogP contribution < -0.4 is 0 Å². The maximum atomic E-state index is 13.1. The summed E-state index contributed by atoms with van der Waals surface area (Å²) in [6.45, 7) is 1.70. The predicted octanol–water partition coefficient (Wildman–Crippen LogP) is 5.66. The Bertz CT molecular complexity index is 1190. The van der Waals surface area contributed by atoms with E-state index in [1.165, 1.54) is 6.08 Å². The monoisotopic (exact) mass is 418 g/mol. The van der Waals surface area contributed by atoms with Gasteiger partial charge in [-0.25, -0.2) is 4.79 Å². The molecule has 29 heavy (non-hydrogen) atoms. The Hall–Kier alpha value is -3.24. The third-order valence-corrected chi connectivity index (χ3v) is 4.58. The van der Waals surface area contributed by atoms with Crippen molar-refractivity contribution >= 4 is 34.5 Å². The zero-order chi connectivity index (χ0) is 21.3. The number of nitrogens with zero attached hydrogens (tertiary/aromatic N) is 2. The second kappa shape index (κ2) is 7.64. The van der Waals surface area contributed by atoms with Gasteiger partial charge in [-0.05, 0) is 42.8 Å². The Balaban J connectivity index is 2.14. The highest BCUT2D eigenvalue weighted by Crippen LogP contribution is 2.32. The number of hydrogen-bond donors (Lipinski definition) is 1. The first-order valence-electron chi connectivity index (χ1n) is 8.39. The lowest BCUT2D eigenvalue weighted by atomic mass is 10.1. The number of carboxylic acids is 1. The van der Waals surface area contributed by atoms with Crippen LogP contribution in [0.2, 0.25) is 5.02 Å². The van der Waals surface area contributed by atoms with Gasteiger partial charge in [-0.2, -0.15) is 18.4 Å². The molecule has 0 amide bonds. The van der Waals surface area contributed by atoms with Crippen LogP contribution in [0.4, 0.5) is 13.2 Å². The van der Waals surface area contributed by atoms with Crippen LogP contribution in [0.1, 0.15) is 22.3 Å². The summed E-state index contributed by atoms with van der Waals surface area (Å²) in [7, 11) is 0. The van der Waals surface area contributed by atoms with Gasteiger partial charge in [0, 0.05) is 28.7 Å². The van der Waals surface area contributed by atoms with E-state index in [0.29, 0.717) is 32.6 Å². The molecule has 0 aliphatic rings. The number of aromatic nitrogens is 1. The molecular weight excluding hydrogens is 405 g/mol. The van der Waals surface area contributed by atoms with Crippen LogP contribution in [0.3, 0.4) is 0 Å². The Kier molecular flexibility index (Phi) is 5.40. The standard InChI is InChI=1S/C21H14ClF3N2O2/c1-12-4-13(6-16(5-12)21(23,24)25)10-27-11-15(7-14(9-26)20(28)29)18-3-2-17(22)8-19(18)27/h2-8,11H,10H2,1H3,(H,28,29)/b14-7+. The Morgan fingerprint density at radius 3 is 2.62 bits per heavy atom. The molecule has 148 valence electrons. The lowest BCUT2D eigenvalue weighted by molar-refractivity contribution is -0.137. The van der Waals surface area contributed by atoms with E-state index in [0.717, 1.165) is 12.1 Å². The van der Waals surface area contributed by atoms with Gasteiger partial charge in [0.1, 0.15) is 11.6 Å². The lowest BCUT2D eigenvalue weighted by Gasteiger charge is -2.12. The van der Waals surface area contributed by atoms with E-state index in [2.05, 4.69) is 0 Å². The van der Waals surface area contributed by atoms with Crippen molar-refractivity contribution in [3.05, 3.63) is 75.4 Å². The first-order valence-corrected chi connectivity index (χ1v) is 8.77. The molecule has 0 aliphatic carbocycles. The zero-order valence-electron chi connectivity index (χ0n) is 15.1. The fourth-order valence-corrected chi connectivity index (χ4v) is 3.32. The Morgan fingerprint density at radius 1 is 1.28 bits per heavy atom. The summed E-state index contributed by atoms with van der Waals surface area (Å²) in [5.74, 6) is -1.36. The smallest absolute Gasteiger partial charge is 0.416 e. The third-order valence-electron chi connectivity index (χ3n) is 4.34. The predicted molar refractivity (Wildman–Crippen MR) is 103 cm³/mol. The zero-order valence-corrected chi connectivity index (χ0v) is 15.8. The van der Waals surface area contributed by atoms with E-state index in [-0.39, 0.29) is 6.54 Å². The van der Waals surface area contributed by atoms with E-state index in [9.17, 15) is 18.0 Å². The summed E-state index contributed by atoms with van der Waals surface area (Å²) < 4.78 is 41.1. The number of aryl methyl sites for hydroxylation is 1. The summed E-state index contributed by atoms with van der Waals surface area (Å²) in [6, 6.07) is 10.4. The summed E-state index contributed by atoms with van der Waals surface area (Å²) in [4.78, 5) is 11.2. The molecule has 0 saturated carbocycles. The maximum Gasteiger partial charge on any atom is 0.416 e. The summed E-state index contributed by atoms with van der Waals surface area (Å²) in [5.41, 5.74) is 0.792. The van der Waals surface area contributed by atoms with Gasteiger partial charge in [-0.3, -0.25) is 0 Å². The van der Waals surface area contributed by atoms with Crippen LogP contribution in [-0.2, 0) is 17.5 Å². The topological polar surface area (TPSA) is 66.0 Å². The van der Waals surface area contributed by atoms with E-state index >= 15 is 0 Å². The lowest BCUT2D eigenvalue weighted by Crippen LogP contribution is -2.07. The molecule has 1 N–H and O–H groups in total. The molecular formula is C21H14ClF3N2O2. The van der Waals surface area contributed by atoms with Crippen molar-refractivity contribution in [1.82, 2.24) is 4.57 Å². The molecule has 0 atom stereocenters. The van der Waals surface area contributed by atoms with E-state index < -0.39 is 23.3 Å². The van der Waals surface area contributed by atoms with Crippen molar-refractivity contribution in [1.29, 1.82) is 5.26 Å². The number of carboxylic acid groups (broad SMARTS) is 1. The second-order valence-electron chi connectivity index (χ2n) is 6.55. The van der Waals surface area contributed by atoms with Gasteiger partial charge in [0.15, 0.2) is 0 Å². The van der Waals surface area contributed by atoms with Crippen molar-refractivity contribution in [2.75, 3.05) is 0 Å². The molecule has 0 spiro atoms. The van der Waals surface area contributed by atoms with Gasteiger partial charge < -0.3 is 9.67 Å². The van der Waals surface area contributed by atoms with Crippen molar-refractivity contribution in [3.63, 3.8) is 0 Å². The Labute approximate surface area is 169 Å².